The molecule has 4 rings (SSSR count). The van der Waals surface area contributed by atoms with Crippen LogP contribution in [0.4, 0.5) is 0 Å². The number of carbonyl (C=O) groups is 1. The Balaban J connectivity index is 1.58. The average molecular weight is 342 g/mol. The number of ether oxygens (including phenoxy) is 1. The summed E-state index contributed by atoms with van der Waals surface area (Å²) in [6, 6.07) is 6.26. The van der Waals surface area contributed by atoms with E-state index in [2.05, 4.69) is 19.1 Å². The number of fused-ring (bicyclic) bond motifs is 5. The lowest BCUT2D eigenvalue weighted by molar-refractivity contribution is -0.137. The van der Waals surface area contributed by atoms with Gasteiger partial charge in [0.25, 0.3) is 0 Å². The number of rotatable bonds is 2. The Kier molecular flexibility index (Phi) is 4.18. The van der Waals surface area contributed by atoms with Crippen LogP contribution in [0.15, 0.2) is 18.2 Å². The van der Waals surface area contributed by atoms with Crippen molar-refractivity contribution in [3.05, 3.63) is 29.3 Å². The summed E-state index contributed by atoms with van der Waals surface area (Å²) < 4.78 is 5.51. The number of hydrogen-bond acceptors (Lipinski definition) is 3. The molecule has 0 aromatic heterocycles. The van der Waals surface area contributed by atoms with Gasteiger partial charge < -0.3 is 9.84 Å². The highest BCUT2D eigenvalue weighted by Gasteiger charge is 2.54. The third-order valence-corrected chi connectivity index (χ3v) is 7.34. The van der Waals surface area contributed by atoms with Crippen LogP contribution in [-0.4, -0.2) is 17.2 Å². The van der Waals surface area contributed by atoms with Gasteiger partial charge >= 0.3 is 5.97 Å². The Hall–Kier alpha value is -1.35. The number of benzene rings is 1. The minimum atomic E-state index is -0.165. The lowest BCUT2D eigenvalue weighted by Gasteiger charge is -2.50. The molecule has 25 heavy (non-hydrogen) atoms. The number of carbonyl (C=O) groups excluding carboxylic acids is 1. The summed E-state index contributed by atoms with van der Waals surface area (Å²) in [5, 5.41) is 10.5. The summed E-state index contributed by atoms with van der Waals surface area (Å²) in [7, 11) is 0. The second-order valence-electron chi connectivity index (χ2n) is 8.99. The quantitative estimate of drug-likeness (QED) is 0.637. The van der Waals surface area contributed by atoms with Gasteiger partial charge in [0.1, 0.15) is 5.75 Å². The fourth-order valence-electron chi connectivity index (χ4n) is 5.83. The average Bonchev–Trinajstić information content (AvgIpc) is 2.89. The molecule has 0 radical (unpaired) electrons. The van der Waals surface area contributed by atoms with Crippen molar-refractivity contribution in [3.8, 4) is 5.75 Å². The van der Waals surface area contributed by atoms with Gasteiger partial charge in [0.05, 0.1) is 12.0 Å². The third-order valence-electron chi connectivity index (χ3n) is 7.34. The molecule has 3 aliphatic carbocycles. The molecule has 0 saturated heterocycles. The molecule has 3 heteroatoms. The van der Waals surface area contributed by atoms with Gasteiger partial charge in [-0.3, -0.25) is 4.79 Å². The second-order valence-corrected chi connectivity index (χ2v) is 8.99. The van der Waals surface area contributed by atoms with Crippen LogP contribution in [0.2, 0.25) is 0 Å². The van der Waals surface area contributed by atoms with Crippen molar-refractivity contribution in [2.45, 2.75) is 71.3 Å². The third kappa shape index (κ3) is 2.71. The van der Waals surface area contributed by atoms with E-state index in [0.29, 0.717) is 23.5 Å². The highest BCUT2D eigenvalue weighted by molar-refractivity contribution is 5.74. The van der Waals surface area contributed by atoms with Gasteiger partial charge in [-0.1, -0.05) is 26.8 Å². The molecule has 1 N–H and O–H groups in total. The maximum absolute atomic E-state index is 11.9. The zero-order valence-corrected chi connectivity index (χ0v) is 15.6. The van der Waals surface area contributed by atoms with E-state index in [1.54, 1.807) is 0 Å². The van der Waals surface area contributed by atoms with E-state index in [-0.39, 0.29) is 23.4 Å². The molecule has 1 unspecified atom stereocenters. The van der Waals surface area contributed by atoms with Crippen molar-refractivity contribution in [2.75, 3.05) is 0 Å². The molecule has 5 atom stereocenters. The van der Waals surface area contributed by atoms with E-state index in [9.17, 15) is 9.90 Å². The molecule has 1 aromatic rings. The Labute approximate surface area is 150 Å². The van der Waals surface area contributed by atoms with Gasteiger partial charge in [-0.25, -0.2) is 0 Å². The Morgan fingerprint density at radius 3 is 2.80 bits per heavy atom. The van der Waals surface area contributed by atoms with Gasteiger partial charge in [-0.2, -0.15) is 0 Å². The zero-order chi connectivity index (χ0) is 17.8. The number of aryl methyl sites for hydroxylation is 1. The van der Waals surface area contributed by atoms with Gasteiger partial charge in [0, 0.05) is 0 Å². The lowest BCUT2D eigenvalue weighted by atomic mass is 9.55. The highest BCUT2D eigenvalue weighted by Crippen LogP contribution is 2.60. The first-order valence-corrected chi connectivity index (χ1v) is 9.92. The predicted molar refractivity (Wildman–Crippen MR) is 97.5 cm³/mol. The summed E-state index contributed by atoms with van der Waals surface area (Å²) in [5.41, 5.74) is 2.95. The maximum Gasteiger partial charge on any atom is 0.313 e. The van der Waals surface area contributed by atoms with Crippen molar-refractivity contribution < 1.29 is 14.6 Å². The standard InChI is InChI=1S/C22H30O3/c1-13(2)21(24)25-15-5-7-16-14(12-15)4-6-18-17(16)10-11-22(3)19(18)8-9-20(22)23/h5,7,12-13,17-20,23H,4,6,8-11H2,1-3H3/t17-,18-,19+,20?,22+/m1/s1. The summed E-state index contributed by atoms with van der Waals surface area (Å²) in [5.74, 6) is 2.39. The molecular formula is C22H30O3. The number of hydrogen-bond donors (Lipinski definition) is 1. The van der Waals surface area contributed by atoms with Crippen LogP contribution in [0.1, 0.15) is 69.9 Å². The van der Waals surface area contributed by atoms with Crippen molar-refractivity contribution in [1.29, 1.82) is 0 Å². The zero-order valence-electron chi connectivity index (χ0n) is 15.6. The van der Waals surface area contributed by atoms with Crippen LogP contribution in [-0.2, 0) is 11.2 Å². The Morgan fingerprint density at radius 2 is 2.04 bits per heavy atom. The molecule has 0 amide bonds. The lowest BCUT2D eigenvalue weighted by Crippen LogP contribution is -2.43. The van der Waals surface area contributed by atoms with Gasteiger partial charge in [-0.15, -0.1) is 0 Å². The van der Waals surface area contributed by atoms with E-state index < -0.39 is 0 Å². The molecule has 3 aliphatic rings. The Morgan fingerprint density at radius 1 is 1.24 bits per heavy atom. The molecule has 0 spiro atoms. The van der Waals surface area contributed by atoms with Crippen LogP contribution in [0.5, 0.6) is 5.75 Å². The monoisotopic (exact) mass is 342 g/mol. The minimum absolute atomic E-state index is 0.106. The number of aliphatic hydroxyl groups excluding tert-OH is 1. The smallest absolute Gasteiger partial charge is 0.313 e. The van der Waals surface area contributed by atoms with Crippen LogP contribution in [0.25, 0.3) is 0 Å². The first kappa shape index (κ1) is 17.1. The number of esters is 1. The van der Waals surface area contributed by atoms with E-state index in [0.717, 1.165) is 19.3 Å². The fraction of sp³-hybridized carbons (Fsp3) is 0.682. The van der Waals surface area contributed by atoms with E-state index >= 15 is 0 Å². The maximum atomic E-state index is 11.9. The molecular weight excluding hydrogens is 312 g/mol. The van der Waals surface area contributed by atoms with Crippen molar-refractivity contribution in [3.63, 3.8) is 0 Å². The van der Waals surface area contributed by atoms with Crippen LogP contribution < -0.4 is 4.74 Å². The molecule has 136 valence electrons. The fourth-order valence-corrected chi connectivity index (χ4v) is 5.83. The van der Waals surface area contributed by atoms with Gasteiger partial charge in [0.2, 0.25) is 0 Å². The van der Waals surface area contributed by atoms with E-state index in [4.69, 9.17) is 4.74 Å². The summed E-state index contributed by atoms with van der Waals surface area (Å²) >= 11 is 0. The van der Waals surface area contributed by atoms with E-state index in [1.807, 2.05) is 19.9 Å². The van der Waals surface area contributed by atoms with Crippen LogP contribution in [0, 0.1) is 23.2 Å². The molecule has 2 saturated carbocycles. The second kappa shape index (κ2) is 6.12. The SMILES string of the molecule is CC(C)C(=O)Oc1ccc2c(c1)CC[C@@H]1[C@@H]2CC[C@]2(C)C(O)CC[C@@H]12. The van der Waals surface area contributed by atoms with E-state index in [1.165, 1.54) is 30.4 Å². The molecule has 0 bridgehead atoms. The Bertz CT molecular complexity index is 680. The van der Waals surface area contributed by atoms with Crippen LogP contribution >= 0.6 is 0 Å². The van der Waals surface area contributed by atoms with Gasteiger partial charge in [-0.05, 0) is 85.0 Å². The van der Waals surface area contributed by atoms with Crippen molar-refractivity contribution >= 4 is 5.97 Å². The molecule has 0 aliphatic heterocycles. The number of aliphatic hydroxyl groups is 1. The molecule has 1 aromatic carbocycles. The molecule has 0 heterocycles. The van der Waals surface area contributed by atoms with Crippen molar-refractivity contribution in [1.82, 2.24) is 0 Å². The normalized spacial score (nSPS) is 36.5. The van der Waals surface area contributed by atoms with Gasteiger partial charge in [0.15, 0.2) is 0 Å². The van der Waals surface area contributed by atoms with Crippen molar-refractivity contribution in [2.24, 2.45) is 23.2 Å². The summed E-state index contributed by atoms with van der Waals surface area (Å²) in [6.45, 7) is 6.04. The minimum Gasteiger partial charge on any atom is -0.426 e. The first-order valence-electron chi connectivity index (χ1n) is 9.92. The summed E-state index contributed by atoms with van der Waals surface area (Å²) in [4.78, 5) is 11.9. The topological polar surface area (TPSA) is 46.5 Å². The highest BCUT2D eigenvalue weighted by atomic mass is 16.5. The largest absolute Gasteiger partial charge is 0.426 e. The summed E-state index contributed by atoms with van der Waals surface area (Å²) in [6.07, 6.45) is 6.60. The molecule has 2 fully saturated rings. The molecule has 3 nitrogen and oxygen atoms in total. The first-order chi connectivity index (χ1) is 11.9. The predicted octanol–water partition coefficient (Wildman–Crippen LogP) is 4.47. The van der Waals surface area contributed by atoms with Crippen LogP contribution in [0.3, 0.4) is 0 Å².